The van der Waals surface area contributed by atoms with Crippen molar-refractivity contribution in [3.8, 4) is 0 Å². The summed E-state index contributed by atoms with van der Waals surface area (Å²) in [5.41, 5.74) is 1.87. The van der Waals surface area contributed by atoms with Crippen molar-refractivity contribution in [2.45, 2.75) is 30.5 Å². The van der Waals surface area contributed by atoms with E-state index in [1.54, 1.807) is 16.2 Å². The van der Waals surface area contributed by atoms with Crippen molar-refractivity contribution >= 4 is 27.3 Å². The summed E-state index contributed by atoms with van der Waals surface area (Å²) in [6.07, 6.45) is -4.06. The molecule has 1 aromatic heterocycles. The maximum absolute atomic E-state index is 13.7. The molecule has 0 aliphatic carbocycles. The van der Waals surface area contributed by atoms with E-state index in [9.17, 15) is 26.4 Å². The number of carbonyl (C=O) groups excluding carboxylic acids is 1. The van der Waals surface area contributed by atoms with Gasteiger partial charge in [0.1, 0.15) is 0 Å². The van der Waals surface area contributed by atoms with Gasteiger partial charge < -0.3 is 9.64 Å². The largest absolute Gasteiger partial charge is 0.416 e. The van der Waals surface area contributed by atoms with E-state index in [-0.39, 0.29) is 19.2 Å². The minimum absolute atomic E-state index is 0.0264. The van der Waals surface area contributed by atoms with E-state index >= 15 is 0 Å². The highest BCUT2D eigenvalue weighted by Crippen LogP contribution is 2.39. The molecule has 1 atom stereocenters. The zero-order chi connectivity index (χ0) is 26.8. The van der Waals surface area contributed by atoms with Gasteiger partial charge in [-0.25, -0.2) is 8.42 Å². The molecule has 198 valence electrons. The molecule has 3 aromatic rings. The SMILES string of the molecule is COCCN(CC(=O)N1CCc2sccc2C1c1ccccc1C)S(=O)(=O)c1cccc(C(F)(F)F)c1. The van der Waals surface area contributed by atoms with E-state index in [0.717, 1.165) is 39.2 Å². The van der Waals surface area contributed by atoms with Crippen molar-refractivity contribution in [3.05, 3.63) is 87.1 Å². The molecule has 4 rings (SSSR count). The Morgan fingerprint density at radius 1 is 1.14 bits per heavy atom. The number of amides is 1. The number of carbonyl (C=O) groups is 1. The molecule has 0 radical (unpaired) electrons. The van der Waals surface area contributed by atoms with Crippen LogP contribution in [0.1, 0.15) is 33.2 Å². The molecule has 6 nitrogen and oxygen atoms in total. The second-order valence-electron chi connectivity index (χ2n) is 8.75. The fourth-order valence-corrected chi connectivity index (χ4v) is 6.84. The predicted molar refractivity (Wildman–Crippen MR) is 135 cm³/mol. The van der Waals surface area contributed by atoms with Crippen LogP contribution in [-0.2, 0) is 32.2 Å². The van der Waals surface area contributed by atoms with E-state index in [1.807, 2.05) is 42.6 Å². The summed E-state index contributed by atoms with van der Waals surface area (Å²) >= 11 is 1.62. The van der Waals surface area contributed by atoms with Gasteiger partial charge in [0.15, 0.2) is 0 Å². The average Bonchev–Trinajstić information content (AvgIpc) is 3.35. The molecule has 1 unspecified atom stereocenters. The monoisotopic (exact) mass is 552 g/mol. The highest BCUT2D eigenvalue weighted by atomic mass is 32.2. The van der Waals surface area contributed by atoms with Crippen LogP contribution in [-0.4, -0.2) is 56.9 Å². The Kier molecular flexibility index (Phi) is 8.08. The van der Waals surface area contributed by atoms with Gasteiger partial charge in [-0.2, -0.15) is 17.5 Å². The number of rotatable bonds is 8. The number of nitrogens with zero attached hydrogens (tertiary/aromatic N) is 2. The van der Waals surface area contributed by atoms with E-state index < -0.39 is 39.1 Å². The van der Waals surface area contributed by atoms with Gasteiger partial charge in [0, 0.05) is 25.1 Å². The van der Waals surface area contributed by atoms with Crippen molar-refractivity contribution in [1.29, 1.82) is 0 Å². The van der Waals surface area contributed by atoms with Crippen LogP contribution in [0.5, 0.6) is 0 Å². The van der Waals surface area contributed by atoms with Crippen molar-refractivity contribution < 1.29 is 31.1 Å². The molecule has 37 heavy (non-hydrogen) atoms. The zero-order valence-corrected chi connectivity index (χ0v) is 22.0. The number of fused-ring (bicyclic) bond motifs is 1. The minimum Gasteiger partial charge on any atom is -0.383 e. The molecule has 0 fully saturated rings. The quantitative estimate of drug-likeness (QED) is 0.399. The Hall–Kier alpha value is -2.73. The lowest BCUT2D eigenvalue weighted by atomic mass is 9.90. The molecular formula is C26H27F3N2O4S2. The lowest BCUT2D eigenvalue weighted by molar-refractivity contribution is -0.137. The number of sulfonamides is 1. The summed E-state index contributed by atoms with van der Waals surface area (Å²) in [5, 5.41) is 1.98. The predicted octanol–water partition coefficient (Wildman–Crippen LogP) is 4.89. The number of alkyl halides is 3. The van der Waals surface area contributed by atoms with Crippen molar-refractivity contribution in [3.63, 3.8) is 0 Å². The van der Waals surface area contributed by atoms with Crippen LogP contribution in [0.15, 0.2) is 64.9 Å². The highest BCUT2D eigenvalue weighted by molar-refractivity contribution is 7.89. The van der Waals surface area contributed by atoms with Crippen LogP contribution in [0.2, 0.25) is 0 Å². The standard InChI is InChI=1S/C26H27F3N2O4S2/c1-18-6-3-4-9-21(18)25-22-11-15-36-23(22)10-12-31(25)24(32)17-30(13-14-35-2)37(33,34)20-8-5-7-19(16-20)26(27,28)29/h3-9,11,15-16,25H,10,12-14,17H2,1-2H3. The molecule has 1 aliphatic heterocycles. The van der Waals surface area contributed by atoms with E-state index in [4.69, 9.17) is 4.74 Å². The van der Waals surface area contributed by atoms with Crippen molar-refractivity contribution in [2.75, 3.05) is 33.4 Å². The second kappa shape index (κ2) is 10.9. The van der Waals surface area contributed by atoms with Gasteiger partial charge in [0.05, 0.1) is 29.7 Å². The molecular weight excluding hydrogens is 525 g/mol. The minimum atomic E-state index is -4.70. The lowest BCUT2D eigenvalue weighted by Gasteiger charge is -2.38. The first-order valence-electron chi connectivity index (χ1n) is 11.6. The number of hydrogen-bond acceptors (Lipinski definition) is 5. The van der Waals surface area contributed by atoms with E-state index in [1.165, 1.54) is 12.0 Å². The van der Waals surface area contributed by atoms with Gasteiger partial charge in [-0.1, -0.05) is 30.3 Å². The lowest BCUT2D eigenvalue weighted by Crippen LogP contribution is -2.47. The molecule has 1 aliphatic rings. The Labute approximate surface area is 218 Å². The number of thiophene rings is 1. The average molecular weight is 553 g/mol. The molecule has 1 amide bonds. The highest BCUT2D eigenvalue weighted by Gasteiger charge is 2.37. The topological polar surface area (TPSA) is 66.9 Å². The van der Waals surface area contributed by atoms with E-state index in [0.29, 0.717) is 19.0 Å². The first-order valence-corrected chi connectivity index (χ1v) is 13.9. The smallest absolute Gasteiger partial charge is 0.383 e. The number of ether oxygens (including phenoxy) is 1. The fraction of sp³-hybridized carbons (Fsp3) is 0.346. The number of benzene rings is 2. The van der Waals surface area contributed by atoms with Gasteiger partial charge in [-0.15, -0.1) is 11.3 Å². The van der Waals surface area contributed by atoms with Crippen LogP contribution < -0.4 is 0 Å². The number of halogens is 3. The summed E-state index contributed by atoms with van der Waals surface area (Å²) in [5.74, 6) is -0.434. The first-order chi connectivity index (χ1) is 17.5. The Bertz CT molecular complexity index is 1370. The van der Waals surface area contributed by atoms with Gasteiger partial charge in [0.25, 0.3) is 0 Å². The maximum Gasteiger partial charge on any atom is 0.416 e. The van der Waals surface area contributed by atoms with Crippen LogP contribution in [0, 0.1) is 6.92 Å². The maximum atomic E-state index is 13.7. The van der Waals surface area contributed by atoms with E-state index in [2.05, 4.69) is 0 Å². The second-order valence-corrected chi connectivity index (χ2v) is 11.7. The molecule has 2 aromatic carbocycles. The van der Waals surface area contributed by atoms with Gasteiger partial charge in [-0.05, 0) is 59.7 Å². The van der Waals surface area contributed by atoms with Crippen LogP contribution in [0.25, 0.3) is 0 Å². The van der Waals surface area contributed by atoms with Crippen LogP contribution in [0.4, 0.5) is 13.2 Å². The number of methoxy groups -OCH3 is 1. The van der Waals surface area contributed by atoms with Gasteiger partial charge in [-0.3, -0.25) is 4.79 Å². The van der Waals surface area contributed by atoms with Crippen molar-refractivity contribution in [2.24, 2.45) is 0 Å². The Balaban J connectivity index is 1.68. The Morgan fingerprint density at radius 3 is 2.59 bits per heavy atom. The third kappa shape index (κ3) is 5.74. The molecule has 0 saturated heterocycles. The summed E-state index contributed by atoms with van der Waals surface area (Å²) in [6.45, 7) is 1.62. The summed E-state index contributed by atoms with van der Waals surface area (Å²) in [4.78, 5) is 16.0. The fourth-order valence-electron chi connectivity index (χ4n) is 4.51. The Morgan fingerprint density at radius 2 is 1.89 bits per heavy atom. The molecule has 0 spiro atoms. The normalized spacial score (nSPS) is 16.2. The molecule has 0 bridgehead atoms. The first kappa shape index (κ1) is 27.3. The van der Waals surface area contributed by atoms with Crippen LogP contribution >= 0.6 is 11.3 Å². The summed E-state index contributed by atoms with van der Waals surface area (Å²) < 4.78 is 72.6. The molecule has 0 saturated carbocycles. The van der Waals surface area contributed by atoms with Gasteiger partial charge in [0.2, 0.25) is 15.9 Å². The molecule has 2 heterocycles. The van der Waals surface area contributed by atoms with Gasteiger partial charge >= 0.3 is 6.18 Å². The summed E-state index contributed by atoms with van der Waals surface area (Å²) in [7, 11) is -3.04. The molecule has 11 heteroatoms. The number of hydrogen-bond donors (Lipinski definition) is 0. The number of aryl methyl sites for hydroxylation is 1. The third-order valence-electron chi connectivity index (χ3n) is 6.42. The third-order valence-corrected chi connectivity index (χ3v) is 9.26. The van der Waals surface area contributed by atoms with Crippen molar-refractivity contribution in [1.82, 2.24) is 9.21 Å². The zero-order valence-electron chi connectivity index (χ0n) is 20.4. The summed E-state index contributed by atoms with van der Waals surface area (Å²) in [6, 6.07) is 12.9. The molecule has 0 N–H and O–H groups in total. The van der Waals surface area contributed by atoms with Crippen LogP contribution in [0.3, 0.4) is 0 Å².